The normalized spacial score (nSPS) is 20.4. The lowest BCUT2D eigenvalue weighted by Gasteiger charge is -2.25. The fourth-order valence-corrected chi connectivity index (χ4v) is 2.60. The first-order valence-electron chi connectivity index (χ1n) is 7.42. The molecule has 1 fully saturated rings. The molecule has 0 aromatic heterocycles. The molecule has 0 saturated carbocycles. The second-order valence-electron chi connectivity index (χ2n) is 5.37. The molecule has 5 nitrogen and oxygen atoms in total. The lowest BCUT2D eigenvalue weighted by atomic mass is 9.97. The molecule has 22 heavy (non-hydrogen) atoms. The molecule has 1 heterocycles. The Hall–Kier alpha value is -2.14. The predicted octanol–water partition coefficient (Wildman–Crippen LogP) is 2.15. The van der Waals surface area contributed by atoms with E-state index in [4.69, 9.17) is 4.74 Å². The quantitative estimate of drug-likeness (QED) is 0.818. The molecule has 1 saturated heterocycles. The van der Waals surface area contributed by atoms with Crippen LogP contribution in [0.15, 0.2) is 43.0 Å². The number of amides is 2. The average Bonchev–Trinajstić information content (AvgIpc) is 2.89. The first kappa shape index (κ1) is 16.2. The summed E-state index contributed by atoms with van der Waals surface area (Å²) in [6.07, 6.45) is 0.831. The second-order valence-corrected chi connectivity index (χ2v) is 5.37. The summed E-state index contributed by atoms with van der Waals surface area (Å²) in [7, 11) is 0. The molecule has 5 heteroatoms. The average molecular weight is 303 g/mol. The van der Waals surface area contributed by atoms with Crippen LogP contribution in [0.25, 0.3) is 0 Å². The summed E-state index contributed by atoms with van der Waals surface area (Å²) in [6, 6.07) is 9.26. The van der Waals surface area contributed by atoms with E-state index in [2.05, 4.69) is 6.58 Å². The number of cyclic esters (lactones) is 1. The third kappa shape index (κ3) is 3.36. The highest BCUT2D eigenvalue weighted by Crippen LogP contribution is 2.22. The Morgan fingerprint density at radius 2 is 2.18 bits per heavy atom. The summed E-state index contributed by atoms with van der Waals surface area (Å²) in [5.74, 6) is -1.25. The number of hydrogen-bond donors (Lipinski definition) is 1. The van der Waals surface area contributed by atoms with Crippen molar-refractivity contribution in [1.82, 2.24) is 4.90 Å². The largest absolute Gasteiger partial charge is 0.447 e. The van der Waals surface area contributed by atoms with Gasteiger partial charge in [-0.25, -0.2) is 9.69 Å². The molecule has 0 radical (unpaired) electrons. The van der Waals surface area contributed by atoms with Gasteiger partial charge in [-0.3, -0.25) is 4.79 Å². The molecule has 1 aromatic rings. The molecule has 1 aliphatic heterocycles. The van der Waals surface area contributed by atoms with E-state index in [0.29, 0.717) is 12.8 Å². The SMILES string of the molecule is C=C[C@H](C(=O)N1C(=O)OC[C@@H]1Cc1ccccc1)[C@H](O)CC. The van der Waals surface area contributed by atoms with E-state index < -0.39 is 24.0 Å². The van der Waals surface area contributed by atoms with Gasteiger partial charge in [0, 0.05) is 0 Å². The maximum absolute atomic E-state index is 12.6. The zero-order valence-corrected chi connectivity index (χ0v) is 12.6. The summed E-state index contributed by atoms with van der Waals surface area (Å²) in [5.41, 5.74) is 1.02. The van der Waals surface area contributed by atoms with E-state index in [-0.39, 0.29) is 12.6 Å². The number of carbonyl (C=O) groups excluding carboxylic acids is 2. The minimum atomic E-state index is -0.851. The summed E-state index contributed by atoms with van der Waals surface area (Å²) < 4.78 is 5.03. The first-order valence-corrected chi connectivity index (χ1v) is 7.42. The zero-order chi connectivity index (χ0) is 16.1. The summed E-state index contributed by atoms with van der Waals surface area (Å²) in [6.45, 7) is 5.55. The number of aliphatic hydroxyl groups excluding tert-OH is 1. The Bertz CT molecular complexity index is 543. The minimum Gasteiger partial charge on any atom is -0.447 e. The second kappa shape index (κ2) is 7.22. The van der Waals surface area contributed by atoms with E-state index in [0.717, 1.165) is 10.5 Å². The van der Waals surface area contributed by atoms with Crippen molar-refractivity contribution >= 4 is 12.0 Å². The van der Waals surface area contributed by atoms with Crippen LogP contribution in [0.1, 0.15) is 18.9 Å². The molecule has 0 unspecified atom stereocenters. The molecule has 0 aliphatic carbocycles. The monoisotopic (exact) mass is 303 g/mol. The van der Waals surface area contributed by atoms with Crippen LogP contribution in [-0.2, 0) is 16.0 Å². The smallest absolute Gasteiger partial charge is 0.417 e. The van der Waals surface area contributed by atoms with Gasteiger partial charge in [-0.2, -0.15) is 0 Å². The van der Waals surface area contributed by atoms with Crippen LogP contribution in [0.5, 0.6) is 0 Å². The van der Waals surface area contributed by atoms with Crippen molar-refractivity contribution in [3.8, 4) is 0 Å². The highest BCUT2D eigenvalue weighted by Gasteiger charge is 2.41. The van der Waals surface area contributed by atoms with Gasteiger partial charge in [0.25, 0.3) is 0 Å². The zero-order valence-electron chi connectivity index (χ0n) is 12.6. The van der Waals surface area contributed by atoms with Crippen molar-refractivity contribution in [2.24, 2.45) is 5.92 Å². The number of ether oxygens (including phenoxy) is 1. The molecule has 3 atom stereocenters. The number of nitrogens with zero attached hydrogens (tertiary/aromatic N) is 1. The predicted molar refractivity (Wildman–Crippen MR) is 82.1 cm³/mol. The molecular formula is C17H21NO4. The topological polar surface area (TPSA) is 66.8 Å². The molecule has 0 spiro atoms. The molecular weight excluding hydrogens is 282 g/mol. The van der Waals surface area contributed by atoms with E-state index in [1.165, 1.54) is 6.08 Å². The van der Waals surface area contributed by atoms with Crippen molar-refractivity contribution in [1.29, 1.82) is 0 Å². The van der Waals surface area contributed by atoms with Gasteiger partial charge in [0.1, 0.15) is 6.61 Å². The van der Waals surface area contributed by atoms with Gasteiger partial charge in [0.15, 0.2) is 0 Å². The molecule has 1 aliphatic rings. The van der Waals surface area contributed by atoms with E-state index in [9.17, 15) is 14.7 Å². The minimum absolute atomic E-state index is 0.172. The highest BCUT2D eigenvalue weighted by molar-refractivity contribution is 5.95. The van der Waals surface area contributed by atoms with Crippen LogP contribution >= 0.6 is 0 Å². The first-order chi connectivity index (χ1) is 10.6. The number of imide groups is 1. The van der Waals surface area contributed by atoms with Crippen LogP contribution in [-0.4, -0.2) is 40.8 Å². The number of aliphatic hydroxyl groups is 1. The van der Waals surface area contributed by atoms with Gasteiger partial charge in [0.2, 0.25) is 5.91 Å². The maximum atomic E-state index is 12.6. The number of carbonyl (C=O) groups is 2. The standard InChI is InChI=1S/C17H21NO4/c1-3-14(15(19)4-2)16(20)18-13(11-22-17(18)21)10-12-8-6-5-7-9-12/h3,5-9,13-15,19H,1,4,10-11H2,2H3/t13-,14-,15+/m0/s1. The molecule has 118 valence electrons. The van der Waals surface area contributed by atoms with Crippen molar-refractivity contribution in [3.05, 3.63) is 48.6 Å². The van der Waals surface area contributed by atoms with Gasteiger partial charge in [-0.15, -0.1) is 6.58 Å². The van der Waals surface area contributed by atoms with Crippen LogP contribution in [0.2, 0.25) is 0 Å². The molecule has 2 rings (SSSR count). The Morgan fingerprint density at radius 1 is 1.50 bits per heavy atom. The van der Waals surface area contributed by atoms with E-state index in [1.54, 1.807) is 6.92 Å². The van der Waals surface area contributed by atoms with Crippen LogP contribution in [0, 0.1) is 5.92 Å². The molecule has 1 aromatic carbocycles. The summed E-state index contributed by atoms with van der Waals surface area (Å²) >= 11 is 0. The van der Waals surface area contributed by atoms with Crippen LogP contribution in [0.4, 0.5) is 4.79 Å². The van der Waals surface area contributed by atoms with Crippen molar-refractivity contribution < 1.29 is 19.4 Å². The maximum Gasteiger partial charge on any atom is 0.417 e. The van der Waals surface area contributed by atoms with Crippen molar-refractivity contribution in [2.45, 2.75) is 31.9 Å². The van der Waals surface area contributed by atoms with E-state index in [1.807, 2.05) is 30.3 Å². The molecule has 0 bridgehead atoms. The Morgan fingerprint density at radius 3 is 2.77 bits per heavy atom. The summed E-state index contributed by atoms with van der Waals surface area (Å²) in [5, 5.41) is 9.94. The van der Waals surface area contributed by atoms with Gasteiger partial charge in [-0.1, -0.05) is 43.3 Å². The van der Waals surface area contributed by atoms with Crippen LogP contribution < -0.4 is 0 Å². The number of benzene rings is 1. The van der Waals surface area contributed by atoms with Gasteiger partial charge in [-0.05, 0) is 18.4 Å². The number of hydrogen-bond acceptors (Lipinski definition) is 4. The highest BCUT2D eigenvalue weighted by atomic mass is 16.6. The van der Waals surface area contributed by atoms with Crippen molar-refractivity contribution in [2.75, 3.05) is 6.61 Å². The summed E-state index contributed by atoms with van der Waals surface area (Å²) in [4.78, 5) is 25.6. The third-order valence-corrected chi connectivity index (χ3v) is 3.88. The van der Waals surface area contributed by atoms with Crippen LogP contribution in [0.3, 0.4) is 0 Å². The lowest BCUT2D eigenvalue weighted by molar-refractivity contribution is -0.135. The number of rotatable bonds is 6. The van der Waals surface area contributed by atoms with Gasteiger partial charge < -0.3 is 9.84 Å². The van der Waals surface area contributed by atoms with Gasteiger partial charge >= 0.3 is 6.09 Å². The Labute approximate surface area is 130 Å². The molecule has 1 N–H and O–H groups in total. The molecule has 2 amide bonds. The van der Waals surface area contributed by atoms with Crippen molar-refractivity contribution in [3.63, 3.8) is 0 Å². The Balaban J connectivity index is 2.16. The Kier molecular flexibility index (Phi) is 5.33. The lowest BCUT2D eigenvalue weighted by Crippen LogP contribution is -2.45. The fraction of sp³-hybridized carbons (Fsp3) is 0.412. The fourth-order valence-electron chi connectivity index (χ4n) is 2.60. The van der Waals surface area contributed by atoms with E-state index >= 15 is 0 Å². The third-order valence-electron chi connectivity index (χ3n) is 3.88. The van der Waals surface area contributed by atoms with Gasteiger partial charge in [0.05, 0.1) is 18.1 Å².